The van der Waals surface area contributed by atoms with Gasteiger partial charge in [-0.25, -0.2) is 0 Å². The molecule has 2 aromatic rings. The maximum absolute atomic E-state index is 6.60. The lowest BCUT2D eigenvalue weighted by Crippen LogP contribution is -2.45. The lowest BCUT2D eigenvalue weighted by molar-refractivity contribution is -0.0519. The molecule has 4 nitrogen and oxygen atoms in total. The summed E-state index contributed by atoms with van der Waals surface area (Å²) in [6.07, 6.45) is 1.95. The zero-order chi connectivity index (χ0) is 22.0. The predicted molar refractivity (Wildman–Crippen MR) is 138 cm³/mol. The smallest absolute Gasteiger partial charge is 0.133 e. The van der Waals surface area contributed by atoms with Gasteiger partial charge in [-0.3, -0.25) is 0 Å². The molecule has 0 spiro atoms. The van der Waals surface area contributed by atoms with Gasteiger partial charge in [-0.05, 0) is 56.2 Å². The lowest BCUT2D eigenvalue weighted by Gasteiger charge is -2.37. The normalized spacial score (nSPS) is 11.8. The molecule has 2 rings (SSSR count). The van der Waals surface area contributed by atoms with Gasteiger partial charge < -0.3 is 20.3 Å². The fraction of sp³-hybridized carbons (Fsp3) is 0.556. The average molecular weight is 466 g/mol. The van der Waals surface area contributed by atoms with Gasteiger partial charge in [-0.15, -0.1) is 12.4 Å². The molecule has 0 saturated carbocycles. The Bertz CT molecular complexity index is 710. The van der Waals surface area contributed by atoms with Crippen LogP contribution in [0.25, 0.3) is 0 Å². The molecule has 5 heteroatoms. The summed E-state index contributed by atoms with van der Waals surface area (Å²) in [7, 11) is 0. The lowest BCUT2D eigenvalue weighted by atomic mass is 9.85. The Labute approximate surface area is 201 Å². The van der Waals surface area contributed by atoms with E-state index in [2.05, 4.69) is 77.2 Å². The highest BCUT2D eigenvalue weighted by atomic mass is 35.5. The standard InChI is InChI=1S/C27H41NO2.ClH.H2O/c1-22(2)19-27(20-23(3)4,30-25-15-11-8-12-16-25)21-29-18-17-28-26(5,6)24-13-9-7-10-14-24;;/h7-16,22-23,28H,17-21H2,1-6H3;1H;1H2. The summed E-state index contributed by atoms with van der Waals surface area (Å²) in [5, 5.41) is 3.63. The number of hydrogen-bond acceptors (Lipinski definition) is 3. The highest BCUT2D eigenvalue weighted by Crippen LogP contribution is 2.31. The summed E-state index contributed by atoms with van der Waals surface area (Å²) in [6, 6.07) is 20.7. The van der Waals surface area contributed by atoms with Crippen molar-refractivity contribution in [2.24, 2.45) is 11.8 Å². The van der Waals surface area contributed by atoms with Gasteiger partial charge in [-0.2, -0.15) is 0 Å². The molecule has 32 heavy (non-hydrogen) atoms. The van der Waals surface area contributed by atoms with Crippen LogP contribution in [0.3, 0.4) is 0 Å². The topological polar surface area (TPSA) is 62.0 Å². The van der Waals surface area contributed by atoms with E-state index in [4.69, 9.17) is 9.47 Å². The fourth-order valence-electron chi connectivity index (χ4n) is 4.19. The third kappa shape index (κ3) is 10.4. The molecule has 0 aliphatic rings. The van der Waals surface area contributed by atoms with Gasteiger partial charge in [0.25, 0.3) is 0 Å². The van der Waals surface area contributed by atoms with E-state index in [9.17, 15) is 0 Å². The first kappa shape index (κ1) is 30.4. The third-order valence-corrected chi connectivity index (χ3v) is 5.31. The first-order valence-corrected chi connectivity index (χ1v) is 11.3. The number of halogens is 1. The van der Waals surface area contributed by atoms with Gasteiger partial charge in [0.1, 0.15) is 11.4 Å². The Hall–Kier alpha value is -1.59. The molecule has 0 amide bonds. The summed E-state index contributed by atoms with van der Waals surface area (Å²) in [6.45, 7) is 15.5. The Morgan fingerprint density at radius 3 is 1.81 bits per heavy atom. The molecule has 0 aliphatic heterocycles. The van der Waals surface area contributed by atoms with Gasteiger partial charge >= 0.3 is 0 Å². The minimum atomic E-state index is -0.307. The molecular formula is C27H44ClNO3. The molecule has 0 aromatic heterocycles. The monoisotopic (exact) mass is 465 g/mol. The average Bonchev–Trinajstić information content (AvgIpc) is 2.68. The van der Waals surface area contributed by atoms with E-state index in [-0.39, 0.29) is 29.0 Å². The van der Waals surface area contributed by atoms with Crippen LogP contribution in [-0.4, -0.2) is 30.8 Å². The molecule has 0 aliphatic carbocycles. The van der Waals surface area contributed by atoms with Gasteiger partial charge in [0.15, 0.2) is 0 Å². The number of para-hydroxylation sites is 1. The molecule has 2 aromatic carbocycles. The molecule has 182 valence electrons. The van der Waals surface area contributed by atoms with Crippen LogP contribution >= 0.6 is 12.4 Å². The molecule has 0 heterocycles. The van der Waals surface area contributed by atoms with Gasteiger partial charge in [0.2, 0.25) is 0 Å². The zero-order valence-corrected chi connectivity index (χ0v) is 21.5. The van der Waals surface area contributed by atoms with Crippen LogP contribution < -0.4 is 10.1 Å². The van der Waals surface area contributed by atoms with Crippen LogP contribution in [0.5, 0.6) is 5.75 Å². The zero-order valence-electron chi connectivity index (χ0n) is 20.7. The maximum Gasteiger partial charge on any atom is 0.133 e. The predicted octanol–water partition coefficient (Wildman–Crippen LogP) is 6.04. The number of nitrogens with one attached hydrogen (secondary N) is 1. The highest BCUT2D eigenvalue weighted by molar-refractivity contribution is 5.85. The number of hydrogen-bond donors (Lipinski definition) is 1. The van der Waals surface area contributed by atoms with E-state index in [0.717, 1.165) is 25.1 Å². The van der Waals surface area contributed by atoms with Crippen LogP contribution in [0.1, 0.15) is 59.9 Å². The second-order valence-corrected chi connectivity index (χ2v) is 9.76. The number of benzene rings is 2. The summed E-state index contributed by atoms with van der Waals surface area (Å²) < 4.78 is 12.8. The second kappa shape index (κ2) is 14.5. The van der Waals surface area contributed by atoms with Crippen molar-refractivity contribution >= 4 is 12.4 Å². The van der Waals surface area contributed by atoms with Crippen LogP contribution in [0, 0.1) is 11.8 Å². The Morgan fingerprint density at radius 2 is 1.31 bits per heavy atom. The van der Waals surface area contributed by atoms with Gasteiger partial charge in [-0.1, -0.05) is 76.2 Å². The minimum absolute atomic E-state index is 0. The largest absolute Gasteiger partial charge is 0.485 e. The Morgan fingerprint density at radius 1 is 0.812 bits per heavy atom. The maximum atomic E-state index is 6.60. The van der Waals surface area contributed by atoms with Crippen LogP contribution in [-0.2, 0) is 10.3 Å². The van der Waals surface area contributed by atoms with Crippen molar-refractivity contribution in [1.29, 1.82) is 0 Å². The summed E-state index contributed by atoms with van der Waals surface area (Å²) in [5.74, 6) is 1.99. The van der Waals surface area contributed by atoms with Crippen molar-refractivity contribution in [3.05, 3.63) is 66.2 Å². The second-order valence-electron chi connectivity index (χ2n) is 9.76. The van der Waals surface area contributed by atoms with Crippen LogP contribution in [0.15, 0.2) is 60.7 Å². The van der Waals surface area contributed by atoms with E-state index in [0.29, 0.717) is 25.0 Å². The first-order valence-electron chi connectivity index (χ1n) is 11.3. The quantitative estimate of drug-likeness (QED) is 0.367. The Balaban J connectivity index is 0.00000480. The molecule has 0 fully saturated rings. The molecule has 0 unspecified atom stereocenters. The fourth-order valence-corrected chi connectivity index (χ4v) is 4.19. The molecule has 0 atom stereocenters. The van der Waals surface area contributed by atoms with Gasteiger partial charge in [0, 0.05) is 12.1 Å². The van der Waals surface area contributed by atoms with Gasteiger partial charge in [0.05, 0.1) is 13.2 Å². The summed E-state index contributed by atoms with van der Waals surface area (Å²) >= 11 is 0. The van der Waals surface area contributed by atoms with Crippen molar-refractivity contribution in [3.63, 3.8) is 0 Å². The van der Waals surface area contributed by atoms with E-state index in [1.165, 1.54) is 5.56 Å². The third-order valence-electron chi connectivity index (χ3n) is 5.31. The Kier molecular flexibility index (Phi) is 13.8. The first-order chi connectivity index (χ1) is 14.2. The van der Waals surface area contributed by atoms with E-state index < -0.39 is 0 Å². The van der Waals surface area contributed by atoms with Crippen molar-refractivity contribution in [3.8, 4) is 5.75 Å². The molecular weight excluding hydrogens is 422 g/mol. The van der Waals surface area contributed by atoms with E-state index in [1.807, 2.05) is 30.3 Å². The van der Waals surface area contributed by atoms with E-state index in [1.54, 1.807) is 0 Å². The van der Waals surface area contributed by atoms with Crippen molar-refractivity contribution < 1.29 is 14.9 Å². The molecule has 0 saturated heterocycles. The number of rotatable bonds is 13. The van der Waals surface area contributed by atoms with Crippen LogP contribution in [0.4, 0.5) is 0 Å². The molecule has 3 N–H and O–H groups in total. The van der Waals surface area contributed by atoms with Crippen LogP contribution in [0.2, 0.25) is 0 Å². The van der Waals surface area contributed by atoms with Crippen molar-refractivity contribution in [2.75, 3.05) is 19.8 Å². The van der Waals surface area contributed by atoms with E-state index >= 15 is 0 Å². The summed E-state index contributed by atoms with van der Waals surface area (Å²) in [4.78, 5) is 0. The SMILES string of the molecule is CC(C)CC(COCCNC(C)(C)c1ccccc1)(CC(C)C)Oc1ccccc1.Cl.O. The minimum Gasteiger partial charge on any atom is -0.485 e. The van der Waals surface area contributed by atoms with Crippen molar-refractivity contribution in [2.45, 2.75) is 65.5 Å². The highest BCUT2D eigenvalue weighted by Gasteiger charge is 2.35. The number of ether oxygens (including phenoxy) is 2. The van der Waals surface area contributed by atoms with Crippen molar-refractivity contribution in [1.82, 2.24) is 5.32 Å². The summed E-state index contributed by atoms with van der Waals surface area (Å²) in [5.41, 5.74) is 0.892. The molecule has 0 bridgehead atoms. The molecule has 0 radical (unpaired) electrons.